The van der Waals surface area contributed by atoms with Crippen LogP contribution in [0.5, 0.6) is 11.5 Å². The highest BCUT2D eigenvalue weighted by Gasteiger charge is 2.20. The summed E-state index contributed by atoms with van der Waals surface area (Å²) in [6.45, 7) is 2.80. The summed E-state index contributed by atoms with van der Waals surface area (Å²) in [5.74, 6) is 2.07. The summed E-state index contributed by atoms with van der Waals surface area (Å²) < 4.78 is 9.54. The van der Waals surface area contributed by atoms with Gasteiger partial charge in [0, 0.05) is 42.8 Å². The molecule has 0 fully saturated rings. The number of carbonyl (C=O) groups is 1. The number of pyridine rings is 1. The molecule has 11 heteroatoms. The van der Waals surface area contributed by atoms with E-state index in [9.17, 15) is 9.90 Å². The fourth-order valence-corrected chi connectivity index (χ4v) is 4.36. The molecule has 0 saturated heterocycles. The van der Waals surface area contributed by atoms with Crippen molar-refractivity contribution in [3.8, 4) is 11.5 Å². The summed E-state index contributed by atoms with van der Waals surface area (Å²) in [5, 5.41) is 21.1. The first-order valence-corrected chi connectivity index (χ1v) is 11.4. The lowest BCUT2D eigenvalue weighted by Crippen LogP contribution is -2.33. The number of hydrogen-bond donors (Lipinski definition) is 2. The number of ether oxygens (including phenoxy) is 1. The van der Waals surface area contributed by atoms with Gasteiger partial charge in [-0.2, -0.15) is 10.2 Å². The number of anilines is 2. The topological polar surface area (TPSA) is 122 Å². The van der Waals surface area contributed by atoms with Crippen LogP contribution in [-0.4, -0.2) is 58.4 Å². The van der Waals surface area contributed by atoms with Crippen molar-refractivity contribution in [1.82, 2.24) is 34.1 Å². The van der Waals surface area contributed by atoms with Crippen molar-refractivity contribution in [3.63, 3.8) is 0 Å². The zero-order valence-electron chi connectivity index (χ0n) is 19.4. The molecule has 1 aliphatic rings. The number of aromatic nitrogens is 6. The van der Waals surface area contributed by atoms with Crippen LogP contribution >= 0.6 is 0 Å². The number of hydrogen-bond acceptors (Lipinski definition) is 7. The maximum Gasteiger partial charge on any atom is 0.407 e. The quantitative estimate of drug-likeness (QED) is 0.378. The molecule has 1 amide bonds. The van der Waals surface area contributed by atoms with E-state index >= 15 is 0 Å². The molecule has 0 radical (unpaired) electrons. The second-order valence-electron chi connectivity index (χ2n) is 8.47. The van der Waals surface area contributed by atoms with E-state index in [1.165, 1.54) is 17.6 Å². The van der Waals surface area contributed by atoms with Gasteiger partial charge in [0.25, 0.3) is 0 Å². The van der Waals surface area contributed by atoms with Gasteiger partial charge in [-0.25, -0.2) is 23.8 Å². The third-order valence-corrected chi connectivity index (χ3v) is 6.20. The highest BCUT2D eigenvalue weighted by Crippen LogP contribution is 2.33. The molecule has 0 atom stereocenters. The Kier molecular flexibility index (Phi) is 5.21. The molecule has 0 aliphatic carbocycles. The van der Waals surface area contributed by atoms with Crippen LogP contribution in [0.2, 0.25) is 0 Å². The normalized spacial score (nSPS) is 13.7. The van der Waals surface area contributed by atoms with Crippen LogP contribution in [0.25, 0.3) is 16.7 Å². The smallest absolute Gasteiger partial charge is 0.407 e. The molecule has 0 saturated carbocycles. The Hall–Kier alpha value is -4.93. The van der Waals surface area contributed by atoms with E-state index in [-0.39, 0.29) is 0 Å². The molecule has 5 aromatic rings. The maximum absolute atomic E-state index is 11.3. The predicted octanol–water partition coefficient (Wildman–Crippen LogP) is 4.38. The minimum atomic E-state index is -0.903. The number of fused-ring (bicyclic) bond motifs is 2. The lowest BCUT2D eigenvalue weighted by Gasteiger charge is -2.23. The van der Waals surface area contributed by atoms with Crippen molar-refractivity contribution in [3.05, 3.63) is 78.6 Å². The number of amides is 1. The van der Waals surface area contributed by atoms with Gasteiger partial charge in [0.2, 0.25) is 0 Å². The van der Waals surface area contributed by atoms with Crippen molar-refractivity contribution >= 4 is 34.3 Å². The minimum absolute atomic E-state index is 0.364. The van der Waals surface area contributed by atoms with Gasteiger partial charge in [0.15, 0.2) is 11.5 Å². The Bertz CT molecular complexity index is 1640. The van der Waals surface area contributed by atoms with Gasteiger partial charge in [0.05, 0.1) is 0 Å². The van der Waals surface area contributed by atoms with Crippen LogP contribution in [0.4, 0.5) is 16.3 Å². The van der Waals surface area contributed by atoms with Crippen LogP contribution in [0.15, 0.2) is 67.5 Å². The summed E-state index contributed by atoms with van der Waals surface area (Å²) in [5.41, 5.74) is 5.43. The first-order chi connectivity index (χ1) is 17.5. The first-order valence-electron chi connectivity index (χ1n) is 11.4. The number of rotatable bonds is 5. The summed E-state index contributed by atoms with van der Waals surface area (Å²) in [6, 6.07) is 11.5. The van der Waals surface area contributed by atoms with E-state index < -0.39 is 6.09 Å². The lowest BCUT2D eigenvalue weighted by atomic mass is 10.0. The first kappa shape index (κ1) is 21.6. The van der Waals surface area contributed by atoms with Crippen LogP contribution in [0.1, 0.15) is 17.5 Å². The maximum atomic E-state index is 11.3. The lowest BCUT2D eigenvalue weighted by molar-refractivity contribution is 0.150. The van der Waals surface area contributed by atoms with Crippen LogP contribution in [0.3, 0.4) is 0 Å². The molecule has 2 N–H and O–H groups in total. The van der Waals surface area contributed by atoms with Gasteiger partial charge >= 0.3 is 6.09 Å². The Morgan fingerprint density at radius 2 is 1.89 bits per heavy atom. The SMILES string of the molecule is Cc1cc(Nc2ncnn3ccc(C4=CCN(C(=O)O)CC4)c23)ccc1Oc1ccn2ncnc2c1. The molecule has 1 aliphatic heterocycles. The number of nitrogens with one attached hydrogen (secondary N) is 1. The van der Waals surface area contributed by atoms with Crippen LogP contribution in [0, 0.1) is 6.92 Å². The van der Waals surface area contributed by atoms with Crippen molar-refractivity contribution in [2.45, 2.75) is 13.3 Å². The molecule has 5 heterocycles. The third kappa shape index (κ3) is 3.96. The predicted molar refractivity (Wildman–Crippen MR) is 133 cm³/mol. The summed E-state index contributed by atoms with van der Waals surface area (Å²) in [7, 11) is 0. The molecule has 0 bridgehead atoms. The van der Waals surface area contributed by atoms with Gasteiger partial charge in [-0.1, -0.05) is 6.08 Å². The standard InChI is InChI=1S/C25H22N8O3/c1-16-12-18(2-3-21(16)36-19-6-10-32-22(13-19)26-14-28-32)30-24-23-20(7-11-33(23)29-15-27-24)17-4-8-31(9-5-17)25(34)35/h2-4,6-7,10-15H,5,8-9H2,1H3,(H,34,35)(H,27,29,30). The summed E-state index contributed by atoms with van der Waals surface area (Å²) in [6.07, 6.45) is 8.38. The molecule has 180 valence electrons. The van der Waals surface area contributed by atoms with Gasteiger partial charge < -0.3 is 20.1 Å². The Labute approximate surface area is 205 Å². The number of benzene rings is 1. The largest absolute Gasteiger partial charge is 0.465 e. The summed E-state index contributed by atoms with van der Waals surface area (Å²) in [4.78, 5) is 21.3. The van der Waals surface area contributed by atoms with Gasteiger partial charge in [-0.3, -0.25) is 0 Å². The number of aryl methyl sites for hydroxylation is 1. The van der Waals surface area contributed by atoms with Crippen LogP contribution in [-0.2, 0) is 0 Å². The molecule has 1 aromatic carbocycles. The molecule has 4 aromatic heterocycles. The van der Waals surface area contributed by atoms with Crippen molar-refractivity contribution in [2.75, 3.05) is 18.4 Å². The van der Waals surface area contributed by atoms with Gasteiger partial charge in [-0.15, -0.1) is 0 Å². The molecule has 6 rings (SSSR count). The number of carboxylic acid groups (broad SMARTS) is 1. The average molecular weight is 483 g/mol. The molecular weight excluding hydrogens is 460 g/mol. The van der Waals surface area contributed by atoms with E-state index in [2.05, 4.69) is 25.5 Å². The van der Waals surface area contributed by atoms with Crippen molar-refractivity contribution < 1.29 is 14.6 Å². The fourth-order valence-electron chi connectivity index (χ4n) is 4.36. The van der Waals surface area contributed by atoms with Gasteiger partial charge in [0.1, 0.15) is 29.7 Å². The second-order valence-corrected chi connectivity index (χ2v) is 8.47. The second kappa shape index (κ2) is 8.69. The van der Waals surface area contributed by atoms with Crippen LogP contribution < -0.4 is 10.1 Å². The molecule has 0 spiro atoms. The monoisotopic (exact) mass is 482 g/mol. The van der Waals surface area contributed by atoms with E-state index in [1.54, 1.807) is 15.2 Å². The fraction of sp³-hybridized carbons (Fsp3) is 0.160. The van der Waals surface area contributed by atoms with Crippen molar-refractivity contribution in [2.24, 2.45) is 0 Å². The third-order valence-electron chi connectivity index (χ3n) is 6.20. The zero-order chi connectivity index (χ0) is 24.6. The summed E-state index contributed by atoms with van der Waals surface area (Å²) >= 11 is 0. The number of nitrogens with zero attached hydrogens (tertiary/aromatic N) is 7. The van der Waals surface area contributed by atoms with E-state index in [0.29, 0.717) is 36.7 Å². The molecular formula is C25H22N8O3. The van der Waals surface area contributed by atoms with E-state index in [0.717, 1.165) is 33.7 Å². The van der Waals surface area contributed by atoms with E-state index in [1.807, 2.05) is 55.6 Å². The highest BCUT2D eigenvalue weighted by molar-refractivity contribution is 5.88. The van der Waals surface area contributed by atoms with Crippen molar-refractivity contribution in [1.29, 1.82) is 0 Å². The zero-order valence-corrected chi connectivity index (χ0v) is 19.4. The Morgan fingerprint density at radius 1 is 1.06 bits per heavy atom. The molecule has 11 nitrogen and oxygen atoms in total. The molecule has 0 unspecified atom stereocenters. The molecule has 36 heavy (non-hydrogen) atoms. The Morgan fingerprint density at radius 3 is 2.69 bits per heavy atom. The minimum Gasteiger partial charge on any atom is -0.465 e. The van der Waals surface area contributed by atoms with E-state index in [4.69, 9.17) is 4.74 Å². The Balaban J connectivity index is 1.26. The highest BCUT2D eigenvalue weighted by atomic mass is 16.5. The van der Waals surface area contributed by atoms with Gasteiger partial charge in [-0.05, 0) is 54.8 Å². The average Bonchev–Trinajstić information content (AvgIpc) is 3.53.